The molecule has 2 aromatic carbocycles. The molecule has 4 rings (SSSR count). The number of nitrogens with one attached hydrogen (secondary N) is 1. The van der Waals surface area contributed by atoms with Crippen molar-refractivity contribution in [2.24, 2.45) is 0 Å². The van der Waals surface area contributed by atoms with Crippen molar-refractivity contribution in [3.8, 4) is 0 Å². The van der Waals surface area contributed by atoms with Crippen LogP contribution >= 0.6 is 46.5 Å². The molecule has 3 aromatic rings. The number of hydrogen-bond acceptors (Lipinski definition) is 6. The molecule has 1 unspecified atom stereocenters. The summed E-state index contributed by atoms with van der Waals surface area (Å²) < 4.78 is 2.26. The first kappa shape index (κ1) is 18.1. The smallest absolute Gasteiger partial charge is 0.248 e. The SMILES string of the molecule is O=C1CSC(c2cccc(Cl)c2)N1NCCSc1nc2ccccc2s1. The second kappa shape index (κ2) is 8.19. The normalized spacial score (nSPS) is 17.3. The molecule has 0 spiro atoms. The number of nitrogens with zero attached hydrogens (tertiary/aromatic N) is 2. The molecule has 1 fully saturated rings. The first-order chi connectivity index (χ1) is 12.7. The molecule has 1 N–H and O–H groups in total. The first-order valence-electron chi connectivity index (χ1n) is 8.12. The molecule has 0 radical (unpaired) electrons. The zero-order valence-corrected chi connectivity index (χ0v) is 16.9. The lowest BCUT2D eigenvalue weighted by Crippen LogP contribution is -2.42. The summed E-state index contributed by atoms with van der Waals surface area (Å²) in [5.41, 5.74) is 5.36. The van der Waals surface area contributed by atoms with Gasteiger partial charge in [-0.15, -0.1) is 23.1 Å². The van der Waals surface area contributed by atoms with Gasteiger partial charge in [0.15, 0.2) is 4.34 Å². The lowest BCUT2D eigenvalue weighted by molar-refractivity contribution is -0.131. The van der Waals surface area contributed by atoms with Crippen molar-refractivity contribution in [2.75, 3.05) is 18.1 Å². The Morgan fingerprint density at radius 3 is 3.00 bits per heavy atom. The van der Waals surface area contributed by atoms with Crippen LogP contribution < -0.4 is 5.43 Å². The summed E-state index contributed by atoms with van der Waals surface area (Å²) in [6, 6.07) is 15.8. The Bertz CT molecular complexity index is 900. The first-order valence-corrected chi connectivity index (χ1v) is 11.3. The predicted octanol–water partition coefficient (Wildman–Crippen LogP) is 4.82. The maximum atomic E-state index is 12.2. The molecular formula is C18H16ClN3OS3. The third-order valence-electron chi connectivity index (χ3n) is 3.89. The van der Waals surface area contributed by atoms with E-state index in [9.17, 15) is 4.79 Å². The van der Waals surface area contributed by atoms with Gasteiger partial charge in [-0.25, -0.2) is 10.4 Å². The second-order valence-electron chi connectivity index (χ2n) is 5.69. The summed E-state index contributed by atoms with van der Waals surface area (Å²) in [6.07, 6.45) is 0. The van der Waals surface area contributed by atoms with E-state index in [2.05, 4.69) is 16.5 Å². The largest absolute Gasteiger partial charge is 0.272 e. The van der Waals surface area contributed by atoms with Gasteiger partial charge in [-0.1, -0.05) is 47.6 Å². The monoisotopic (exact) mass is 421 g/mol. The van der Waals surface area contributed by atoms with Crippen LogP contribution in [-0.4, -0.2) is 34.0 Å². The van der Waals surface area contributed by atoms with Crippen molar-refractivity contribution in [1.29, 1.82) is 0 Å². The molecule has 4 nitrogen and oxygen atoms in total. The molecule has 134 valence electrons. The summed E-state index contributed by atoms with van der Waals surface area (Å²) in [7, 11) is 0. The van der Waals surface area contributed by atoms with Crippen molar-refractivity contribution >= 4 is 62.6 Å². The molecule has 1 saturated heterocycles. The van der Waals surface area contributed by atoms with Crippen LogP contribution in [0.4, 0.5) is 0 Å². The fourth-order valence-corrected chi connectivity index (χ4v) is 6.02. The quantitative estimate of drug-likeness (QED) is 0.456. The molecule has 1 aromatic heterocycles. The minimum Gasteiger partial charge on any atom is -0.272 e. The number of carbonyl (C=O) groups excluding carboxylic acids is 1. The molecule has 0 aliphatic carbocycles. The van der Waals surface area contributed by atoms with Crippen LogP contribution in [0.3, 0.4) is 0 Å². The summed E-state index contributed by atoms with van der Waals surface area (Å²) in [4.78, 5) is 16.8. The average molecular weight is 422 g/mol. The molecule has 0 bridgehead atoms. The van der Waals surface area contributed by atoms with Crippen LogP contribution in [0.25, 0.3) is 10.2 Å². The number of hydrogen-bond donors (Lipinski definition) is 1. The van der Waals surface area contributed by atoms with Gasteiger partial charge in [-0.3, -0.25) is 9.80 Å². The van der Waals surface area contributed by atoms with Crippen LogP contribution in [0.1, 0.15) is 10.9 Å². The minimum absolute atomic E-state index is 0.0337. The van der Waals surface area contributed by atoms with Gasteiger partial charge < -0.3 is 0 Å². The van der Waals surface area contributed by atoms with Crippen molar-refractivity contribution in [3.05, 3.63) is 59.1 Å². The maximum Gasteiger partial charge on any atom is 0.248 e. The Morgan fingerprint density at radius 2 is 2.15 bits per heavy atom. The highest BCUT2D eigenvalue weighted by Gasteiger charge is 2.32. The van der Waals surface area contributed by atoms with Gasteiger partial charge in [-0.2, -0.15) is 0 Å². The highest BCUT2D eigenvalue weighted by Crippen LogP contribution is 2.38. The Morgan fingerprint density at radius 1 is 1.27 bits per heavy atom. The summed E-state index contributed by atoms with van der Waals surface area (Å²) >= 11 is 11.1. The summed E-state index contributed by atoms with van der Waals surface area (Å²) in [5.74, 6) is 1.43. The van der Waals surface area contributed by atoms with E-state index in [1.54, 1.807) is 39.9 Å². The zero-order chi connectivity index (χ0) is 17.9. The second-order valence-corrected chi connectivity index (χ2v) is 9.56. The highest BCUT2D eigenvalue weighted by molar-refractivity contribution is 8.01. The fraction of sp³-hybridized carbons (Fsp3) is 0.222. The van der Waals surface area contributed by atoms with Gasteiger partial charge in [0.1, 0.15) is 5.37 Å². The Balaban J connectivity index is 1.34. The number of benzene rings is 2. The van der Waals surface area contributed by atoms with Crippen molar-refractivity contribution in [3.63, 3.8) is 0 Å². The van der Waals surface area contributed by atoms with Crippen molar-refractivity contribution in [2.45, 2.75) is 9.71 Å². The van der Waals surface area contributed by atoms with Crippen LogP contribution in [0, 0.1) is 0 Å². The molecule has 26 heavy (non-hydrogen) atoms. The van der Waals surface area contributed by atoms with Gasteiger partial charge in [0, 0.05) is 17.3 Å². The number of rotatable bonds is 6. The number of thioether (sulfide) groups is 2. The van der Waals surface area contributed by atoms with E-state index in [0.29, 0.717) is 17.3 Å². The van der Waals surface area contributed by atoms with E-state index in [1.807, 2.05) is 42.5 Å². The number of amides is 1. The van der Waals surface area contributed by atoms with Gasteiger partial charge in [-0.05, 0) is 29.8 Å². The van der Waals surface area contributed by atoms with Crippen LogP contribution in [0.2, 0.25) is 5.02 Å². The predicted molar refractivity (Wildman–Crippen MR) is 112 cm³/mol. The van der Waals surface area contributed by atoms with Crippen LogP contribution in [-0.2, 0) is 4.79 Å². The topological polar surface area (TPSA) is 45.2 Å². The van der Waals surface area contributed by atoms with Gasteiger partial charge in [0.05, 0.1) is 16.0 Å². The lowest BCUT2D eigenvalue weighted by atomic mass is 10.2. The lowest BCUT2D eigenvalue weighted by Gasteiger charge is -2.24. The molecule has 1 atom stereocenters. The molecule has 1 amide bonds. The van der Waals surface area contributed by atoms with Gasteiger partial charge >= 0.3 is 0 Å². The molecule has 8 heteroatoms. The number of fused-ring (bicyclic) bond motifs is 1. The number of carbonyl (C=O) groups is 1. The van der Waals surface area contributed by atoms with E-state index >= 15 is 0 Å². The van der Waals surface area contributed by atoms with Crippen LogP contribution in [0.15, 0.2) is 52.9 Å². The average Bonchev–Trinajstić information content (AvgIpc) is 3.22. The van der Waals surface area contributed by atoms with E-state index in [0.717, 1.165) is 21.2 Å². The van der Waals surface area contributed by atoms with Crippen molar-refractivity contribution < 1.29 is 4.79 Å². The maximum absolute atomic E-state index is 12.2. The standard InChI is InChI=1S/C18H16ClN3OS3/c19-13-5-3-4-12(10-13)17-22(16(23)11-25-17)20-8-9-24-18-21-14-6-1-2-7-15(14)26-18/h1-7,10,17,20H,8-9,11H2. The molecule has 0 saturated carbocycles. The van der Waals surface area contributed by atoms with E-state index < -0.39 is 0 Å². The van der Waals surface area contributed by atoms with Gasteiger partial charge in [0.2, 0.25) is 5.91 Å². The number of para-hydroxylation sites is 1. The Labute approximate surface area is 169 Å². The zero-order valence-electron chi connectivity index (χ0n) is 13.7. The third kappa shape index (κ3) is 4.02. The van der Waals surface area contributed by atoms with E-state index in [-0.39, 0.29) is 11.3 Å². The number of hydrazine groups is 1. The Hall–Kier alpha value is -1.25. The Kier molecular flexibility index (Phi) is 5.71. The molecular weight excluding hydrogens is 406 g/mol. The number of halogens is 1. The highest BCUT2D eigenvalue weighted by atomic mass is 35.5. The number of thiazole rings is 1. The fourth-order valence-electron chi connectivity index (χ4n) is 2.72. The molecule has 1 aliphatic heterocycles. The van der Waals surface area contributed by atoms with E-state index in [4.69, 9.17) is 11.6 Å². The molecule has 2 heterocycles. The minimum atomic E-state index is -0.0337. The molecule has 1 aliphatic rings. The van der Waals surface area contributed by atoms with Crippen molar-refractivity contribution in [1.82, 2.24) is 15.4 Å². The summed E-state index contributed by atoms with van der Waals surface area (Å²) in [5, 5.41) is 2.39. The third-order valence-corrected chi connectivity index (χ3v) is 7.51. The van der Waals surface area contributed by atoms with Crippen LogP contribution in [0.5, 0.6) is 0 Å². The summed E-state index contributed by atoms with van der Waals surface area (Å²) in [6.45, 7) is 0.698. The van der Waals surface area contributed by atoms with E-state index in [1.165, 1.54) is 4.70 Å². The van der Waals surface area contributed by atoms with Gasteiger partial charge in [0.25, 0.3) is 0 Å². The number of aromatic nitrogens is 1.